The highest BCUT2D eigenvalue weighted by molar-refractivity contribution is 5.95. The predicted octanol–water partition coefficient (Wildman–Crippen LogP) is 3.26. The van der Waals surface area contributed by atoms with E-state index in [-0.39, 0.29) is 18.5 Å². The maximum Gasteiger partial charge on any atom is 0.338 e. The smallest absolute Gasteiger partial charge is 0.338 e. The number of benzene rings is 1. The van der Waals surface area contributed by atoms with E-state index in [1.54, 1.807) is 31.0 Å². The summed E-state index contributed by atoms with van der Waals surface area (Å²) in [6.45, 7) is 8.86. The van der Waals surface area contributed by atoms with Crippen molar-refractivity contribution in [2.24, 2.45) is 0 Å². The molecule has 3 amide bonds. The van der Waals surface area contributed by atoms with Gasteiger partial charge in [0.1, 0.15) is 0 Å². The molecule has 1 unspecified atom stereocenters. The zero-order valence-electron chi connectivity index (χ0n) is 21.4. The molecule has 1 aromatic carbocycles. The minimum atomic E-state index is -0.604. The molecule has 1 aromatic heterocycles. The molecule has 0 saturated carbocycles. The molecule has 2 aromatic rings. The van der Waals surface area contributed by atoms with Crippen molar-refractivity contribution in [1.82, 2.24) is 20.0 Å². The van der Waals surface area contributed by atoms with Crippen LogP contribution in [0.3, 0.4) is 0 Å². The van der Waals surface area contributed by atoms with Crippen LogP contribution in [0.25, 0.3) is 0 Å². The lowest BCUT2D eigenvalue weighted by Gasteiger charge is -2.37. The van der Waals surface area contributed by atoms with Crippen molar-refractivity contribution in [3.63, 3.8) is 0 Å². The van der Waals surface area contributed by atoms with E-state index in [1.165, 1.54) is 11.2 Å². The van der Waals surface area contributed by atoms with Crippen molar-refractivity contribution in [2.45, 2.75) is 33.2 Å². The molecule has 0 radical (unpaired) electrons. The molecule has 9 heteroatoms. The van der Waals surface area contributed by atoms with Gasteiger partial charge in [-0.05, 0) is 50.5 Å². The number of esters is 1. The fourth-order valence-electron chi connectivity index (χ4n) is 4.88. The van der Waals surface area contributed by atoms with Crippen LogP contribution in [-0.2, 0) is 9.53 Å². The number of hydrogen-bond donors (Lipinski definition) is 1. The molecule has 0 bridgehead atoms. The Balaban J connectivity index is 1.63. The summed E-state index contributed by atoms with van der Waals surface area (Å²) in [6.07, 6.45) is 2.27. The largest absolute Gasteiger partial charge is 0.463 e. The summed E-state index contributed by atoms with van der Waals surface area (Å²) in [5.74, 6) is -0.234. The second-order valence-electron chi connectivity index (χ2n) is 9.28. The number of aryl methyl sites for hydroxylation is 2. The summed E-state index contributed by atoms with van der Waals surface area (Å²) >= 11 is 0. The summed E-state index contributed by atoms with van der Waals surface area (Å²) in [5.41, 5.74) is 4.03. The van der Waals surface area contributed by atoms with Gasteiger partial charge >= 0.3 is 12.0 Å². The minimum absolute atomic E-state index is 0.127. The summed E-state index contributed by atoms with van der Waals surface area (Å²) in [5, 5.41) is 3.00. The Morgan fingerprint density at radius 3 is 2.64 bits per heavy atom. The molecule has 1 N–H and O–H groups in total. The van der Waals surface area contributed by atoms with Gasteiger partial charge in [-0.2, -0.15) is 0 Å². The van der Waals surface area contributed by atoms with Crippen LogP contribution in [0.1, 0.15) is 46.6 Å². The molecule has 2 aliphatic heterocycles. The van der Waals surface area contributed by atoms with Crippen molar-refractivity contribution in [2.75, 3.05) is 46.4 Å². The average molecular weight is 495 g/mol. The van der Waals surface area contributed by atoms with Crippen molar-refractivity contribution < 1.29 is 23.5 Å². The Labute approximate surface area is 211 Å². The van der Waals surface area contributed by atoms with E-state index >= 15 is 0 Å². The number of nitrogens with zero attached hydrogens (tertiary/aromatic N) is 3. The predicted molar refractivity (Wildman–Crippen MR) is 134 cm³/mol. The number of rotatable bonds is 6. The van der Waals surface area contributed by atoms with Gasteiger partial charge in [0.15, 0.2) is 5.76 Å². The monoisotopic (exact) mass is 494 g/mol. The van der Waals surface area contributed by atoms with Crippen LogP contribution in [-0.4, -0.2) is 79.0 Å². The number of ether oxygens (including phenoxy) is 1. The number of amides is 3. The van der Waals surface area contributed by atoms with Crippen molar-refractivity contribution in [1.29, 1.82) is 0 Å². The third kappa shape index (κ3) is 5.31. The van der Waals surface area contributed by atoms with Crippen molar-refractivity contribution >= 4 is 17.9 Å². The second kappa shape index (κ2) is 11.0. The van der Waals surface area contributed by atoms with Crippen LogP contribution in [0.15, 0.2) is 52.3 Å². The molecular weight excluding hydrogens is 460 g/mol. The van der Waals surface area contributed by atoms with Crippen LogP contribution >= 0.6 is 0 Å². The minimum Gasteiger partial charge on any atom is -0.463 e. The molecule has 4 rings (SSSR count). The number of furan rings is 1. The summed E-state index contributed by atoms with van der Waals surface area (Å²) < 4.78 is 10.7. The van der Waals surface area contributed by atoms with E-state index < -0.39 is 12.0 Å². The summed E-state index contributed by atoms with van der Waals surface area (Å²) in [7, 11) is 1.67. The first-order valence-electron chi connectivity index (χ1n) is 12.4. The Morgan fingerprint density at radius 2 is 1.94 bits per heavy atom. The van der Waals surface area contributed by atoms with Crippen LogP contribution in [0.4, 0.5) is 4.79 Å². The molecule has 1 atom stereocenters. The molecule has 0 spiro atoms. The van der Waals surface area contributed by atoms with E-state index in [4.69, 9.17) is 9.15 Å². The number of urea groups is 1. The lowest BCUT2D eigenvalue weighted by atomic mass is 9.90. The summed E-state index contributed by atoms with van der Waals surface area (Å²) in [6, 6.07) is 8.49. The van der Waals surface area contributed by atoms with Gasteiger partial charge in [-0.3, -0.25) is 14.6 Å². The highest BCUT2D eigenvalue weighted by Crippen LogP contribution is 2.33. The third-order valence-electron chi connectivity index (χ3n) is 6.79. The molecular formula is C27H34N4O5. The van der Waals surface area contributed by atoms with Crippen LogP contribution in [0.2, 0.25) is 0 Å². The first kappa shape index (κ1) is 25.5. The van der Waals surface area contributed by atoms with Crippen LogP contribution in [0, 0.1) is 13.8 Å². The van der Waals surface area contributed by atoms with Gasteiger partial charge in [-0.25, -0.2) is 9.59 Å². The Morgan fingerprint density at radius 1 is 1.14 bits per heavy atom. The standard InChI is InChI=1S/C27H34N4O5/c1-5-35-26(33)23-21(29(4)27(34)28-24(23)20-10-9-18(2)16-19(20)3)17-30-11-7-12-31(14-13-30)25(32)22-8-6-15-36-22/h6,8-10,15-16,24H,5,7,11-14,17H2,1-4H3,(H,28,34). The average Bonchev–Trinajstić information content (AvgIpc) is 3.28. The number of carbonyl (C=O) groups excluding carboxylic acids is 3. The van der Waals surface area contributed by atoms with E-state index in [9.17, 15) is 14.4 Å². The number of carbonyl (C=O) groups is 3. The first-order valence-corrected chi connectivity index (χ1v) is 12.4. The maximum atomic E-state index is 13.3. The van der Waals surface area contributed by atoms with E-state index in [0.29, 0.717) is 43.2 Å². The van der Waals surface area contributed by atoms with Gasteiger partial charge in [0, 0.05) is 45.5 Å². The topological polar surface area (TPSA) is 95.3 Å². The van der Waals surface area contributed by atoms with Gasteiger partial charge in [-0.15, -0.1) is 0 Å². The van der Waals surface area contributed by atoms with Crippen molar-refractivity contribution in [3.05, 3.63) is 70.3 Å². The van der Waals surface area contributed by atoms with Gasteiger partial charge in [0.05, 0.1) is 24.5 Å². The van der Waals surface area contributed by atoms with Gasteiger partial charge in [-0.1, -0.05) is 23.8 Å². The zero-order valence-corrected chi connectivity index (χ0v) is 21.4. The molecule has 1 fully saturated rings. The van der Waals surface area contributed by atoms with Crippen LogP contribution < -0.4 is 5.32 Å². The molecule has 0 aliphatic carbocycles. The second-order valence-corrected chi connectivity index (χ2v) is 9.28. The molecule has 9 nitrogen and oxygen atoms in total. The fraction of sp³-hybridized carbons (Fsp3) is 0.444. The fourth-order valence-corrected chi connectivity index (χ4v) is 4.88. The van der Waals surface area contributed by atoms with Gasteiger partial charge < -0.3 is 19.4 Å². The highest BCUT2D eigenvalue weighted by atomic mass is 16.5. The number of hydrogen-bond acceptors (Lipinski definition) is 6. The van der Waals surface area contributed by atoms with E-state index in [0.717, 1.165) is 29.7 Å². The molecule has 192 valence electrons. The number of likely N-dealkylation sites (N-methyl/N-ethyl adjacent to an activating group) is 1. The van der Waals surface area contributed by atoms with Crippen molar-refractivity contribution in [3.8, 4) is 0 Å². The normalized spacial score (nSPS) is 19.2. The molecule has 2 aliphatic rings. The van der Waals surface area contributed by atoms with Crippen LogP contribution in [0.5, 0.6) is 0 Å². The molecule has 3 heterocycles. The highest BCUT2D eigenvalue weighted by Gasteiger charge is 2.38. The molecule has 1 saturated heterocycles. The maximum absolute atomic E-state index is 13.3. The Bertz CT molecular complexity index is 1160. The zero-order chi connectivity index (χ0) is 25.8. The van der Waals surface area contributed by atoms with E-state index in [1.807, 2.05) is 32.0 Å². The van der Waals surface area contributed by atoms with Gasteiger partial charge in [0.2, 0.25) is 0 Å². The molecule has 36 heavy (non-hydrogen) atoms. The Kier molecular flexibility index (Phi) is 7.79. The number of nitrogens with one attached hydrogen (secondary N) is 1. The van der Waals surface area contributed by atoms with Gasteiger partial charge in [0.25, 0.3) is 5.91 Å². The lowest BCUT2D eigenvalue weighted by molar-refractivity contribution is -0.139. The SMILES string of the molecule is CCOC(=O)C1=C(CN2CCCN(C(=O)c3ccco3)CC2)N(C)C(=O)NC1c1ccc(C)cc1C. The summed E-state index contributed by atoms with van der Waals surface area (Å²) in [4.78, 5) is 44.5. The van der Waals surface area contributed by atoms with E-state index in [2.05, 4.69) is 10.2 Å². The lowest BCUT2D eigenvalue weighted by Crippen LogP contribution is -2.49. The third-order valence-corrected chi connectivity index (χ3v) is 6.79. The first-order chi connectivity index (χ1) is 17.3. The Hall–Kier alpha value is -3.59. The quantitative estimate of drug-likeness (QED) is 0.620.